The summed E-state index contributed by atoms with van der Waals surface area (Å²) in [4.78, 5) is 45.7. The first-order valence-corrected chi connectivity index (χ1v) is 12.9. The van der Waals surface area contributed by atoms with Gasteiger partial charge in [0.05, 0.1) is 11.1 Å². The molecule has 6 heteroatoms. The summed E-state index contributed by atoms with van der Waals surface area (Å²) in [5.74, 6) is -1.28. The predicted octanol–water partition coefficient (Wildman–Crippen LogP) is 8.02. The molecule has 0 unspecified atom stereocenters. The molecule has 2 radical (unpaired) electrons. The molecular formula is C30H40O6. The number of carbonyl (C=O) groups excluding carboxylic acids is 2. The summed E-state index contributed by atoms with van der Waals surface area (Å²) in [7, 11) is 0. The zero-order valence-corrected chi connectivity index (χ0v) is 22.2. The van der Waals surface area contributed by atoms with Gasteiger partial charge in [-0.1, -0.05) is 93.7 Å². The zero-order chi connectivity index (χ0) is 26.3. The van der Waals surface area contributed by atoms with E-state index in [1.807, 2.05) is 52.0 Å². The summed E-state index contributed by atoms with van der Waals surface area (Å²) in [5, 5.41) is 0. The average molecular weight is 497 g/mol. The molecule has 0 spiro atoms. The van der Waals surface area contributed by atoms with Crippen molar-refractivity contribution in [2.75, 3.05) is 0 Å². The van der Waals surface area contributed by atoms with Crippen LogP contribution < -0.4 is 0 Å². The molecule has 2 aromatic carbocycles. The third kappa shape index (κ3) is 10.5. The minimum absolute atomic E-state index is 0.0669. The van der Waals surface area contributed by atoms with Gasteiger partial charge in [-0.05, 0) is 57.4 Å². The van der Waals surface area contributed by atoms with E-state index in [-0.39, 0.29) is 6.29 Å². The number of aryl methyl sites for hydroxylation is 4. The number of rotatable bonds is 16. The summed E-state index contributed by atoms with van der Waals surface area (Å²) in [6.07, 6.45) is 10.1. The van der Waals surface area contributed by atoms with Crippen molar-refractivity contribution in [2.45, 2.75) is 91.9 Å². The second-order valence-electron chi connectivity index (χ2n) is 9.35. The summed E-state index contributed by atoms with van der Waals surface area (Å²) in [5.41, 5.74) is 4.21. The third-order valence-electron chi connectivity index (χ3n) is 6.03. The largest absolute Gasteiger partial charge is 0.373 e. The minimum Gasteiger partial charge on any atom is -0.289 e. The van der Waals surface area contributed by atoms with Crippen LogP contribution in [0, 0.1) is 40.9 Å². The first-order valence-electron chi connectivity index (χ1n) is 12.9. The lowest BCUT2D eigenvalue weighted by Crippen LogP contribution is -2.17. The van der Waals surface area contributed by atoms with Crippen molar-refractivity contribution in [1.29, 1.82) is 0 Å². The van der Waals surface area contributed by atoms with E-state index in [1.54, 1.807) is 12.1 Å². The molecule has 0 aliphatic rings. The number of carbonyl (C=O) groups is 2. The van der Waals surface area contributed by atoms with E-state index < -0.39 is 11.9 Å². The molecule has 0 saturated carbocycles. The van der Waals surface area contributed by atoms with Crippen molar-refractivity contribution in [2.24, 2.45) is 0 Å². The van der Waals surface area contributed by atoms with E-state index in [0.29, 0.717) is 17.5 Å². The summed E-state index contributed by atoms with van der Waals surface area (Å²) < 4.78 is 0. The van der Waals surface area contributed by atoms with Crippen molar-refractivity contribution in [3.8, 4) is 0 Å². The fraction of sp³-hybridized carbons (Fsp3) is 0.467. The first-order chi connectivity index (χ1) is 17.3. The van der Waals surface area contributed by atoms with Crippen LogP contribution in [0.15, 0.2) is 36.4 Å². The van der Waals surface area contributed by atoms with Crippen LogP contribution in [0.25, 0.3) is 0 Å². The van der Waals surface area contributed by atoms with Crippen molar-refractivity contribution in [3.63, 3.8) is 0 Å². The van der Waals surface area contributed by atoms with Gasteiger partial charge < -0.3 is 0 Å². The van der Waals surface area contributed by atoms with Gasteiger partial charge in [0.25, 0.3) is 0 Å². The van der Waals surface area contributed by atoms with Gasteiger partial charge >= 0.3 is 18.2 Å². The Balaban J connectivity index is 1.89. The molecule has 0 aliphatic carbocycles. The molecule has 0 aromatic heterocycles. The molecule has 0 aliphatic heterocycles. The molecule has 2 rings (SSSR count). The lowest BCUT2D eigenvalue weighted by atomic mass is 10.1. The highest BCUT2D eigenvalue weighted by Gasteiger charge is 2.22. The van der Waals surface area contributed by atoms with Gasteiger partial charge in [-0.25, -0.2) is 9.59 Å². The van der Waals surface area contributed by atoms with Gasteiger partial charge in [0, 0.05) is 6.42 Å². The number of unbranched alkanes of at least 4 members (excludes halogenated alkanes) is 8. The topological polar surface area (TPSA) is 71.1 Å². The van der Waals surface area contributed by atoms with Crippen molar-refractivity contribution in [3.05, 3.63) is 83.0 Å². The molecule has 0 heterocycles. The molecule has 0 amide bonds. The monoisotopic (exact) mass is 496 g/mol. The van der Waals surface area contributed by atoms with Gasteiger partial charge in [0.1, 0.15) is 0 Å². The molecule has 196 valence electrons. The van der Waals surface area contributed by atoms with E-state index >= 15 is 0 Å². The zero-order valence-electron chi connectivity index (χ0n) is 22.2. The molecule has 0 saturated heterocycles. The van der Waals surface area contributed by atoms with Crippen molar-refractivity contribution >= 4 is 11.9 Å². The van der Waals surface area contributed by atoms with Gasteiger partial charge in [0.2, 0.25) is 0 Å². The molecule has 0 atom stereocenters. The number of hydrogen-bond donors (Lipinski definition) is 0. The Kier molecular flexibility index (Phi) is 13.2. The maximum Gasteiger partial charge on any atom is 0.373 e. The van der Waals surface area contributed by atoms with Crippen LogP contribution in [0.3, 0.4) is 0 Å². The number of benzene rings is 2. The minimum atomic E-state index is -0.638. The quantitative estimate of drug-likeness (QED) is 0.133. The van der Waals surface area contributed by atoms with Crippen LogP contribution in [0.5, 0.6) is 0 Å². The molecule has 36 heavy (non-hydrogen) atoms. The highest BCUT2D eigenvalue weighted by molar-refractivity contribution is 5.91. The Morgan fingerprint density at radius 3 is 1.47 bits per heavy atom. The molecule has 6 nitrogen and oxygen atoms in total. The van der Waals surface area contributed by atoms with Gasteiger partial charge in [0.15, 0.2) is 0 Å². The van der Waals surface area contributed by atoms with Crippen LogP contribution in [0.1, 0.15) is 107 Å². The first kappa shape index (κ1) is 29.5. The standard InChI is InChI=1S/C30H40O6/c1-6-7-8-9-10-11-12-13-14-15-28(33-35-29(31)26-20-22(2)16-18-24(26)4)34-36-30(32)27-21-23(3)17-19-25(27)5/h16-21H,1,6-15H2,2-5H3. The molecule has 0 bridgehead atoms. The molecule has 2 aromatic rings. The summed E-state index contributed by atoms with van der Waals surface area (Å²) in [6, 6.07) is 11.0. The maximum absolute atomic E-state index is 12.6. The molecule has 0 N–H and O–H groups in total. The maximum atomic E-state index is 12.6. The summed E-state index contributed by atoms with van der Waals surface area (Å²) >= 11 is 0. The van der Waals surface area contributed by atoms with Gasteiger partial charge in [-0.15, -0.1) is 9.78 Å². The van der Waals surface area contributed by atoms with Crippen molar-refractivity contribution in [1.82, 2.24) is 0 Å². The molecule has 0 fully saturated rings. The van der Waals surface area contributed by atoms with E-state index in [9.17, 15) is 9.59 Å². The van der Waals surface area contributed by atoms with Gasteiger partial charge in [-0.2, -0.15) is 0 Å². The Hall–Kier alpha value is -2.70. The van der Waals surface area contributed by atoms with Crippen LogP contribution in [0.4, 0.5) is 0 Å². The Morgan fingerprint density at radius 2 is 1.03 bits per heavy atom. The SMILES string of the molecule is [CH2]CCCCCCCCCC[C](OOC(=O)c1cc(C)ccc1C)OOC(=O)c1cc(C)ccc1C. The second kappa shape index (κ2) is 16.1. The van der Waals surface area contributed by atoms with Crippen LogP contribution in [-0.2, 0) is 19.6 Å². The van der Waals surface area contributed by atoms with E-state index in [1.165, 1.54) is 25.7 Å². The second-order valence-corrected chi connectivity index (χ2v) is 9.35. The fourth-order valence-electron chi connectivity index (χ4n) is 3.77. The average Bonchev–Trinajstić information content (AvgIpc) is 2.86. The molecular weight excluding hydrogens is 456 g/mol. The van der Waals surface area contributed by atoms with E-state index in [0.717, 1.165) is 54.4 Å². The third-order valence-corrected chi connectivity index (χ3v) is 6.03. The normalized spacial score (nSPS) is 11.1. The highest BCUT2D eigenvalue weighted by Crippen LogP contribution is 2.21. The smallest absolute Gasteiger partial charge is 0.289 e. The summed E-state index contributed by atoms with van der Waals surface area (Å²) in [6.45, 7) is 11.3. The van der Waals surface area contributed by atoms with Crippen molar-refractivity contribution < 1.29 is 29.1 Å². The Labute approximate surface area is 216 Å². The van der Waals surface area contributed by atoms with Crippen LogP contribution >= 0.6 is 0 Å². The highest BCUT2D eigenvalue weighted by atomic mass is 17.3. The lowest BCUT2D eigenvalue weighted by Gasteiger charge is -2.14. The number of hydrogen-bond acceptors (Lipinski definition) is 6. The Morgan fingerprint density at radius 1 is 0.611 bits per heavy atom. The fourth-order valence-corrected chi connectivity index (χ4v) is 3.77. The Bertz CT molecular complexity index is 900. The van der Waals surface area contributed by atoms with E-state index in [4.69, 9.17) is 19.6 Å². The lowest BCUT2D eigenvalue weighted by molar-refractivity contribution is -0.364. The van der Waals surface area contributed by atoms with Crippen LogP contribution in [-0.4, -0.2) is 11.9 Å². The van der Waals surface area contributed by atoms with E-state index in [2.05, 4.69) is 6.92 Å². The van der Waals surface area contributed by atoms with Crippen LogP contribution in [0.2, 0.25) is 0 Å². The predicted molar refractivity (Wildman–Crippen MR) is 140 cm³/mol. The van der Waals surface area contributed by atoms with Gasteiger partial charge in [-0.3, -0.25) is 9.78 Å².